The molecular formula is C17H19N3O3. The molecule has 0 bridgehead atoms. The predicted octanol–water partition coefficient (Wildman–Crippen LogP) is 1.99. The summed E-state index contributed by atoms with van der Waals surface area (Å²) < 4.78 is 10.8. The molecule has 0 spiro atoms. The lowest BCUT2D eigenvalue weighted by Crippen LogP contribution is -2.31. The van der Waals surface area contributed by atoms with Crippen LogP contribution >= 0.6 is 0 Å². The van der Waals surface area contributed by atoms with Gasteiger partial charge in [-0.15, -0.1) is 10.2 Å². The van der Waals surface area contributed by atoms with Crippen molar-refractivity contribution in [2.45, 2.75) is 12.5 Å². The normalized spacial score (nSPS) is 20.2. The molecule has 6 heteroatoms. The number of carbonyl (C=O) groups is 1. The molecule has 1 amide bonds. The maximum Gasteiger partial charge on any atom is 0.271 e. The monoisotopic (exact) mass is 313 g/mol. The van der Waals surface area contributed by atoms with E-state index in [-0.39, 0.29) is 23.6 Å². The third kappa shape index (κ3) is 3.65. The first-order valence-electron chi connectivity index (χ1n) is 7.60. The summed E-state index contributed by atoms with van der Waals surface area (Å²) >= 11 is 0. The fourth-order valence-corrected chi connectivity index (χ4v) is 2.72. The highest BCUT2D eigenvalue weighted by Gasteiger charge is 2.29. The van der Waals surface area contributed by atoms with Crippen LogP contribution in [0.2, 0.25) is 0 Å². The number of nitrogens with one attached hydrogen (secondary N) is 1. The van der Waals surface area contributed by atoms with E-state index in [1.165, 1.54) is 7.11 Å². The molecule has 3 rings (SSSR count). The van der Waals surface area contributed by atoms with Gasteiger partial charge < -0.3 is 14.8 Å². The van der Waals surface area contributed by atoms with Crippen molar-refractivity contribution in [1.82, 2.24) is 15.5 Å². The van der Waals surface area contributed by atoms with Crippen molar-refractivity contribution in [3.05, 3.63) is 53.7 Å². The van der Waals surface area contributed by atoms with Crippen molar-refractivity contribution in [2.75, 3.05) is 20.3 Å². The SMILES string of the molecule is COc1ccc(C(=O)NC[C@H]2CCO[C@@H]2c2ccccc2)nn1. The molecule has 120 valence electrons. The van der Waals surface area contributed by atoms with E-state index in [2.05, 4.69) is 27.6 Å². The van der Waals surface area contributed by atoms with Gasteiger partial charge in [-0.2, -0.15) is 0 Å². The molecule has 1 aromatic carbocycles. The number of ether oxygens (including phenoxy) is 2. The molecule has 1 aromatic heterocycles. The first-order chi connectivity index (χ1) is 11.3. The highest BCUT2D eigenvalue weighted by atomic mass is 16.5. The van der Waals surface area contributed by atoms with E-state index in [1.54, 1.807) is 12.1 Å². The summed E-state index contributed by atoms with van der Waals surface area (Å²) in [5.74, 6) is 0.404. The smallest absolute Gasteiger partial charge is 0.271 e. The standard InChI is InChI=1S/C17H19N3O3/c1-22-15-8-7-14(19-20-15)17(21)18-11-13-9-10-23-16(13)12-5-3-2-4-6-12/h2-8,13,16H,9-11H2,1H3,(H,18,21)/t13-,16-/m1/s1. The lowest BCUT2D eigenvalue weighted by Gasteiger charge is -2.19. The molecule has 1 N–H and O–H groups in total. The van der Waals surface area contributed by atoms with Gasteiger partial charge in [0.1, 0.15) is 0 Å². The number of rotatable bonds is 5. The average molecular weight is 313 g/mol. The summed E-state index contributed by atoms with van der Waals surface area (Å²) in [6, 6.07) is 13.3. The van der Waals surface area contributed by atoms with Gasteiger partial charge in [0.05, 0.1) is 13.2 Å². The van der Waals surface area contributed by atoms with Crippen molar-refractivity contribution in [3.63, 3.8) is 0 Å². The molecule has 1 fully saturated rings. The van der Waals surface area contributed by atoms with Crippen LogP contribution in [0.25, 0.3) is 0 Å². The van der Waals surface area contributed by atoms with E-state index >= 15 is 0 Å². The largest absolute Gasteiger partial charge is 0.480 e. The summed E-state index contributed by atoms with van der Waals surface area (Å²) in [6.45, 7) is 1.26. The van der Waals surface area contributed by atoms with Gasteiger partial charge in [0.25, 0.3) is 5.91 Å². The summed E-state index contributed by atoms with van der Waals surface area (Å²) in [4.78, 5) is 12.1. The first kappa shape index (κ1) is 15.4. The van der Waals surface area contributed by atoms with Crippen LogP contribution in [0.3, 0.4) is 0 Å². The minimum atomic E-state index is -0.237. The average Bonchev–Trinajstić information content (AvgIpc) is 3.09. The van der Waals surface area contributed by atoms with Gasteiger partial charge in [-0.1, -0.05) is 30.3 Å². The molecule has 2 aromatic rings. The Labute approximate surface area is 134 Å². The third-order valence-corrected chi connectivity index (χ3v) is 3.95. The second-order valence-electron chi connectivity index (χ2n) is 5.42. The molecule has 0 unspecified atom stereocenters. The van der Waals surface area contributed by atoms with Crippen molar-refractivity contribution in [1.29, 1.82) is 0 Å². The molecule has 1 aliphatic rings. The van der Waals surface area contributed by atoms with Gasteiger partial charge in [0, 0.05) is 25.1 Å². The van der Waals surface area contributed by atoms with Gasteiger partial charge in [-0.05, 0) is 18.1 Å². The molecule has 23 heavy (non-hydrogen) atoms. The van der Waals surface area contributed by atoms with Crippen LogP contribution in [-0.4, -0.2) is 36.4 Å². The summed E-state index contributed by atoms with van der Waals surface area (Å²) in [5, 5.41) is 10.6. The zero-order chi connectivity index (χ0) is 16.1. The Morgan fingerprint density at radius 2 is 2.09 bits per heavy atom. The first-order valence-corrected chi connectivity index (χ1v) is 7.60. The molecule has 0 aliphatic carbocycles. The highest BCUT2D eigenvalue weighted by Crippen LogP contribution is 2.33. The Hall–Kier alpha value is -2.47. The highest BCUT2D eigenvalue weighted by molar-refractivity contribution is 5.92. The Bertz CT molecular complexity index is 646. The van der Waals surface area contributed by atoms with E-state index in [9.17, 15) is 4.79 Å². The van der Waals surface area contributed by atoms with E-state index < -0.39 is 0 Å². The number of nitrogens with zero attached hydrogens (tertiary/aromatic N) is 2. The van der Waals surface area contributed by atoms with Crippen LogP contribution in [0.15, 0.2) is 42.5 Å². The van der Waals surface area contributed by atoms with E-state index in [0.717, 1.165) is 12.0 Å². The zero-order valence-corrected chi connectivity index (χ0v) is 12.9. The fourth-order valence-electron chi connectivity index (χ4n) is 2.72. The van der Waals surface area contributed by atoms with E-state index in [0.29, 0.717) is 19.0 Å². The quantitative estimate of drug-likeness (QED) is 0.914. The predicted molar refractivity (Wildman–Crippen MR) is 84.2 cm³/mol. The molecule has 6 nitrogen and oxygen atoms in total. The topological polar surface area (TPSA) is 73.3 Å². The summed E-state index contributed by atoms with van der Waals surface area (Å²) in [7, 11) is 1.51. The lowest BCUT2D eigenvalue weighted by molar-refractivity contribution is 0.0843. The Balaban J connectivity index is 1.59. The minimum Gasteiger partial charge on any atom is -0.480 e. The maximum atomic E-state index is 12.1. The van der Waals surface area contributed by atoms with Crippen LogP contribution in [0.5, 0.6) is 5.88 Å². The Morgan fingerprint density at radius 3 is 2.78 bits per heavy atom. The van der Waals surface area contributed by atoms with Gasteiger partial charge in [0.2, 0.25) is 5.88 Å². The van der Waals surface area contributed by atoms with E-state index in [4.69, 9.17) is 9.47 Å². The second-order valence-corrected chi connectivity index (χ2v) is 5.42. The van der Waals surface area contributed by atoms with Gasteiger partial charge >= 0.3 is 0 Å². The van der Waals surface area contributed by atoms with Gasteiger partial charge in [-0.3, -0.25) is 4.79 Å². The number of hydrogen-bond acceptors (Lipinski definition) is 5. The van der Waals surface area contributed by atoms with Crippen molar-refractivity contribution in [3.8, 4) is 5.88 Å². The van der Waals surface area contributed by atoms with Crippen LogP contribution < -0.4 is 10.1 Å². The molecule has 0 radical (unpaired) electrons. The van der Waals surface area contributed by atoms with Gasteiger partial charge in [-0.25, -0.2) is 0 Å². The van der Waals surface area contributed by atoms with Crippen molar-refractivity contribution < 1.29 is 14.3 Å². The minimum absolute atomic E-state index is 0.0263. The summed E-state index contributed by atoms with van der Waals surface area (Å²) in [6.07, 6.45) is 0.951. The molecule has 0 saturated carbocycles. The Morgan fingerprint density at radius 1 is 1.26 bits per heavy atom. The maximum absolute atomic E-state index is 12.1. The number of benzene rings is 1. The molecule has 2 heterocycles. The number of aromatic nitrogens is 2. The van der Waals surface area contributed by atoms with E-state index in [1.807, 2.05) is 18.2 Å². The van der Waals surface area contributed by atoms with Crippen molar-refractivity contribution in [2.24, 2.45) is 5.92 Å². The lowest BCUT2D eigenvalue weighted by atomic mass is 9.95. The fraction of sp³-hybridized carbons (Fsp3) is 0.353. The molecule has 1 aliphatic heterocycles. The number of amides is 1. The van der Waals surface area contributed by atoms with Crippen LogP contribution in [0.4, 0.5) is 0 Å². The van der Waals surface area contributed by atoms with Crippen LogP contribution in [0.1, 0.15) is 28.6 Å². The zero-order valence-electron chi connectivity index (χ0n) is 12.9. The molecular weight excluding hydrogens is 294 g/mol. The molecule has 1 saturated heterocycles. The van der Waals surface area contributed by atoms with Crippen LogP contribution in [-0.2, 0) is 4.74 Å². The third-order valence-electron chi connectivity index (χ3n) is 3.95. The molecule has 2 atom stereocenters. The number of hydrogen-bond donors (Lipinski definition) is 1. The Kier molecular flexibility index (Phi) is 4.83. The number of methoxy groups -OCH3 is 1. The number of carbonyl (C=O) groups excluding carboxylic acids is 1. The van der Waals surface area contributed by atoms with Crippen LogP contribution in [0, 0.1) is 5.92 Å². The second kappa shape index (κ2) is 7.19. The van der Waals surface area contributed by atoms with Gasteiger partial charge in [0.15, 0.2) is 5.69 Å². The van der Waals surface area contributed by atoms with Crippen molar-refractivity contribution >= 4 is 5.91 Å². The summed E-state index contributed by atoms with van der Waals surface area (Å²) in [5.41, 5.74) is 1.43.